The van der Waals surface area contributed by atoms with Crippen molar-refractivity contribution in [1.82, 2.24) is 4.90 Å². The predicted octanol–water partition coefficient (Wildman–Crippen LogP) is 2.57. The molecule has 2 rings (SSSR count). The topological polar surface area (TPSA) is 82.0 Å². The number of ether oxygens (including phenoxy) is 1. The highest BCUT2D eigenvalue weighted by atomic mass is 16.6. The van der Waals surface area contributed by atoms with Crippen LogP contribution in [0.15, 0.2) is 24.3 Å². The van der Waals surface area contributed by atoms with Gasteiger partial charge >= 0.3 is 6.09 Å². The number of rotatable bonds is 5. The van der Waals surface area contributed by atoms with Crippen molar-refractivity contribution >= 4 is 11.8 Å². The Bertz CT molecular complexity index is 554. The molecule has 6 heteroatoms. The third-order valence-electron chi connectivity index (χ3n) is 4.21. The smallest absolute Gasteiger partial charge is 0.410 e. The summed E-state index contributed by atoms with van der Waals surface area (Å²) >= 11 is 0. The number of aliphatic hydroxyl groups is 2. The van der Waals surface area contributed by atoms with Crippen molar-refractivity contribution in [2.75, 3.05) is 31.6 Å². The van der Waals surface area contributed by atoms with Crippen LogP contribution >= 0.6 is 0 Å². The Hall–Kier alpha value is -1.79. The van der Waals surface area contributed by atoms with E-state index in [1.54, 1.807) is 4.90 Å². The average molecular weight is 350 g/mol. The van der Waals surface area contributed by atoms with Crippen molar-refractivity contribution in [1.29, 1.82) is 0 Å². The Morgan fingerprint density at radius 2 is 2.04 bits per heavy atom. The van der Waals surface area contributed by atoms with Crippen LogP contribution in [-0.2, 0) is 4.74 Å². The summed E-state index contributed by atoms with van der Waals surface area (Å²) in [5.74, 6) is 0.304. The van der Waals surface area contributed by atoms with Gasteiger partial charge in [0, 0.05) is 31.2 Å². The number of likely N-dealkylation sites (tertiary alicyclic amines) is 1. The van der Waals surface area contributed by atoms with E-state index in [1.165, 1.54) is 5.56 Å². The summed E-state index contributed by atoms with van der Waals surface area (Å²) in [5, 5.41) is 21.3. The van der Waals surface area contributed by atoms with Crippen molar-refractivity contribution < 1.29 is 19.7 Å². The van der Waals surface area contributed by atoms with Crippen molar-refractivity contribution in [3.63, 3.8) is 0 Å². The summed E-state index contributed by atoms with van der Waals surface area (Å²) < 4.78 is 5.48. The van der Waals surface area contributed by atoms with Crippen molar-refractivity contribution in [2.24, 2.45) is 0 Å². The van der Waals surface area contributed by atoms with Crippen molar-refractivity contribution in [3.8, 4) is 0 Å². The van der Waals surface area contributed by atoms with E-state index in [0.29, 0.717) is 19.0 Å². The lowest BCUT2D eigenvalue weighted by molar-refractivity contribution is 0.0198. The fourth-order valence-corrected chi connectivity index (χ4v) is 2.91. The summed E-state index contributed by atoms with van der Waals surface area (Å²) in [6, 6.07) is 8.03. The molecule has 1 fully saturated rings. The first-order valence-corrected chi connectivity index (χ1v) is 8.89. The third kappa shape index (κ3) is 6.21. The summed E-state index contributed by atoms with van der Waals surface area (Å²) in [5.41, 5.74) is 1.62. The number of carbonyl (C=O) groups excluding carboxylic acids is 1. The van der Waals surface area contributed by atoms with E-state index in [9.17, 15) is 9.90 Å². The van der Waals surface area contributed by atoms with Gasteiger partial charge in [0.2, 0.25) is 0 Å². The highest BCUT2D eigenvalue weighted by Gasteiger charge is 2.28. The molecule has 0 bridgehead atoms. The second kappa shape index (κ2) is 8.54. The lowest BCUT2D eigenvalue weighted by Gasteiger charge is -2.34. The molecule has 1 aliphatic heterocycles. The third-order valence-corrected chi connectivity index (χ3v) is 4.21. The van der Waals surface area contributed by atoms with E-state index in [0.717, 1.165) is 25.1 Å². The van der Waals surface area contributed by atoms with E-state index < -0.39 is 11.7 Å². The monoisotopic (exact) mass is 350 g/mol. The Kier molecular flexibility index (Phi) is 6.67. The van der Waals surface area contributed by atoms with Crippen LogP contribution in [0.2, 0.25) is 0 Å². The SMILES string of the molecule is CC(C)(C)OC(=O)N1CCCC(c2ccc(NCC(O)CO)cc2)C1. The van der Waals surface area contributed by atoms with Crippen LogP contribution in [0.25, 0.3) is 0 Å². The minimum Gasteiger partial charge on any atom is -0.444 e. The Labute approximate surface area is 149 Å². The van der Waals surface area contributed by atoms with Gasteiger partial charge in [-0.1, -0.05) is 12.1 Å². The van der Waals surface area contributed by atoms with Gasteiger partial charge in [0.25, 0.3) is 0 Å². The molecule has 1 saturated heterocycles. The zero-order valence-electron chi connectivity index (χ0n) is 15.4. The van der Waals surface area contributed by atoms with Crippen LogP contribution in [0.3, 0.4) is 0 Å². The highest BCUT2D eigenvalue weighted by molar-refractivity contribution is 5.68. The molecular formula is C19H30N2O4. The first kappa shape index (κ1) is 19.5. The number of nitrogens with zero attached hydrogens (tertiary/aromatic N) is 1. The van der Waals surface area contributed by atoms with Gasteiger partial charge in [-0.2, -0.15) is 0 Å². The fourth-order valence-electron chi connectivity index (χ4n) is 2.91. The number of amides is 1. The van der Waals surface area contributed by atoms with E-state index in [-0.39, 0.29) is 12.7 Å². The van der Waals surface area contributed by atoms with Crippen LogP contribution < -0.4 is 5.32 Å². The van der Waals surface area contributed by atoms with Crippen molar-refractivity contribution in [2.45, 2.75) is 51.2 Å². The molecule has 25 heavy (non-hydrogen) atoms. The summed E-state index contributed by atoms with van der Waals surface area (Å²) in [7, 11) is 0. The molecule has 1 amide bonds. The Morgan fingerprint density at radius 1 is 1.36 bits per heavy atom. The second-order valence-electron chi connectivity index (χ2n) is 7.60. The molecule has 1 heterocycles. The number of carbonyl (C=O) groups is 1. The zero-order chi connectivity index (χ0) is 18.4. The summed E-state index contributed by atoms with van der Waals surface area (Å²) in [6.07, 6.45) is 1.01. The fraction of sp³-hybridized carbons (Fsp3) is 0.632. The quantitative estimate of drug-likeness (QED) is 0.760. The number of aliphatic hydroxyl groups excluding tert-OH is 2. The number of benzene rings is 1. The normalized spacial score (nSPS) is 19.4. The molecule has 0 aliphatic carbocycles. The molecule has 6 nitrogen and oxygen atoms in total. The molecule has 1 aromatic rings. The van der Waals surface area contributed by atoms with Crippen LogP contribution in [0.4, 0.5) is 10.5 Å². The lowest BCUT2D eigenvalue weighted by atomic mass is 9.90. The number of hydrogen-bond donors (Lipinski definition) is 3. The van der Waals surface area contributed by atoms with Crippen molar-refractivity contribution in [3.05, 3.63) is 29.8 Å². The van der Waals surface area contributed by atoms with Crippen LogP contribution in [0.5, 0.6) is 0 Å². The van der Waals surface area contributed by atoms with Gasteiger partial charge in [-0.3, -0.25) is 0 Å². The molecule has 140 valence electrons. The molecule has 3 N–H and O–H groups in total. The molecule has 1 aromatic carbocycles. The van der Waals surface area contributed by atoms with E-state index in [1.807, 2.05) is 32.9 Å². The van der Waals surface area contributed by atoms with Gasteiger partial charge in [0.15, 0.2) is 0 Å². The predicted molar refractivity (Wildman–Crippen MR) is 97.8 cm³/mol. The lowest BCUT2D eigenvalue weighted by Crippen LogP contribution is -2.42. The van der Waals surface area contributed by atoms with E-state index in [4.69, 9.17) is 9.84 Å². The Morgan fingerprint density at radius 3 is 2.64 bits per heavy atom. The number of anilines is 1. The molecule has 0 spiro atoms. The minimum absolute atomic E-state index is 0.242. The molecule has 1 aliphatic rings. The van der Waals surface area contributed by atoms with Gasteiger partial charge in [-0.25, -0.2) is 4.79 Å². The first-order valence-electron chi connectivity index (χ1n) is 8.89. The largest absolute Gasteiger partial charge is 0.444 e. The van der Waals surface area contributed by atoms with Gasteiger partial charge in [0.1, 0.15) is 5.60 Å². The maximum absolute atomic E-state index is 12.3. The van der Waals surface area contributed by atoms with Crippen LogP contribution in [-0.4, -0.2) is 59.2 Å². The maximum Gasteiger partial charge on any atom is 0.410 e. The van der Waals surface area contributed by atoms with Gasteiger partial charge in [-0.15, -0.1) is 0 Å². The molecule has 0 radical (unpaired) electrons. The standard InChI is InChI=1S/C19H30N2O4/c1-19(2,3)25-18(24)21-10-4-5-15(12-21)14-6-8-16(9-7-14)20-11-17(23)13-22/h6-9,15,17,20,22-23H,4-5,10-13H2,1-3H3. The number of hydrogen-bond acceptors (Lipinski definition) is 5. The van der Waals surface area contributed by atoms with Gasteiger partial charge in [-0.05, 0) is 51.3 Å². The van der Waals surface area contributed by atoms with E-state index in [2.05, 4.69) is 17.4 Å². The average Bonchev–Trinajstić information content (AvgIpc) is 2.58. The van der Waals surface area contributed by atoms with E-state index >= 15 is 0 Å². The minimum atomic E-state index is -0.764. The highest BCUT2D eigenvalue weighted by Crippen LogP contribution is 2.28. The summed E-state index contributed by atoms with van der Waals surface area (Å²) in [6.45, 7) is 7.11. The van der Waals surface area contributed by atoms with Gasteiger partial charge in [0.05, 0.1) is 12.7 Å². The van der Waals surface area contributed by atoms with Gasteiger partial charge < -0.3 is 25.2 Å². The molecular weight excluding hydrogens is 320 g/mol. The molecule has 0 aromatic heterocycles. The first-order chi connectivity index (χ1) is 11.8. The van der Waals surface area contributed by atoms with Crippen LogP contribution in [0, 0.1) is 0 Å². The Balaban J connectivity index is 1.93. The van der Waals surface area contributed by atoms with Crippen LogP contribution in [0.1, 0.15) is 45.1 Å². The second-order valence-corrected chi connectivity index (χ2v) is 7.60. The number of nitrogens with one attached hydrogen (secondary N) is 1. The zero-order valence-corrected chi connectivity index (χ0v) is 15.4. The maximum atomic E-state index is 12.3. The molecule has 2 atom stereocenters. The molecule has 2 unspecified atom stereocenters. The summed E-state index contributed by atoms with van der Waals surface area (Å²) in [4.78, 5) is 14.1. The molecule has 0 saturated carbocycles. The number of piperidine rings is 1.